The summed E-state index contributed by atoms with van der Waals surface area (Å²) in [7, 11) is 0. The standard InChI is InChI=1S/C19H30ClN/c1-5-14-6-7-16(13-21-19(2,3)4)18(12-14)15-8-10-17(20)11-9-15/h8-11,14,16,18,21H,5-7,12-13H2,1-4H3. The summed E-state index contributed by atoms with van der Waals surface area (Å²) in [6.07, 6.45) is 5.37. The number of benzene rings is 1. The maximum Gasteiger partial charge on any atom is 0.0406 e. The molecule has 1 fully saturated rings. The Morgan fingerprint density at radius 1 is 1.14 bits per heavy atom. The molecule has 0 radical (unpaired) electrons. The van der Waals surface area contributed by atoms with Crippen molar-refractivity contribution in [1.29, 1.82) is 0 Å². The third-order valence-electron chi connectivity index (χ3n) is 4.87. The first kappa shape index (κ1) is 16.8. The van der Waals surface area contributed by atoms with Crippen LogP contribution in [-0.4, -0.2) is 12.1 Å². The maximum absolute atomic E-state index is 6.05. The van der Waals surface area contributed by atoms with Crippen molar-refractivity contribution in [3.63, 3.8) is 0 Å². The molecule has 1 nitrogen and oxygen atoms in total. The van der Waals surface area contributed by atoms with Crippen LogP contribution in [0.2, 0.25) is 5.02 Å². The molecule has 0 bridgehead atoms. The average Bonchev–Trinajstić information content (AvgIpc) is 2.45. The molecule has 1 N–H and O–H groups in total. The summed E-state index contributed by atoms with van der Waals surface area (Å²) in [5.41, 5.74) is 1.67. The summed E-state index contributed by atoms with van der Waals surface area (Å²) in [5, 5.41) is 4.55. The summed E-state index contributed by atoms with van der Waals surface area (Å²) >= 11 is 6.05. The zero-order valence-electron chi connectivity index (χ0n) is 14.0. The van der Waals surface area contributed by atoms with E-state index < -0.39 is 0 Å². The lowest BCUT2D eigenvalue weighted by molar-refractivity contribution is 0.213. The van der Waals surface area contributed by atoms with E-state index in [0.29, 0.717) is 5.92 Å². The molecule has 1 aliphatic carbocycles. The fourth-order valence-electron chi connectivity index (χ4n) is 3.49. The molecule has 118 valence electrons. The zero-order valence-corrected chi connectivity index (χ0v) is 14.7. The lowest BCUT2D eigenvalue weighted by Gasteiger charge is -2.38. The van der Waals surface area contributed by atoms with Gasteiger partial charge in [0.25, 0.3) is 0 Å². The van der Waals surface area contributed by atoms with E-state index in [9.17, 15) is 0 Å². The van der Waals surface area contributed by atoms with Crippen LogP contribution in [0.4, 0.5) is 0 Å². The fourth-order valence-corrected chi connectivity index (χ4v) is 3.62. The molecule has 3 unspecified atom stereocenters. The molecule has 1 aromatic carbocycles. The summed E-state index contributed by atoms with van der Waals surface area (Å²) in [6, 6.07) is 8.55. The van der Waals surface area contributed by atoms with Gasteiger partial charge in [0.15, 0.2) is 0 Å². The van der Waals surface area contributed by atoms with Gasteiger partial charge in [0.1, 0.15) is 0 Å². The van der Waals surface area contributed by atoms with Gasteiger partial charge in [-0.2, -0.15) is 0 Å². The number of nitrogens with one attached hydrogen (secondary N) is 1. The first-order chi connectivity index (χ1) is 9.89. The Balaban J connectivity index is 2.11. The monoisotopic (exact) mass is 307 g/mol. The summed E-state index contributed by atoms with van der Waals surface area (Å²) in [5.74, 6) is 2.31. The lowest BCUT2D eigenvalue weighted by Crippen LogP contribution is -2.41. The van der Waals surface area contributed by atoms with Gasteiger partial charge >= 0.3 is 0 Å². The first-order valence-electron chi connectivity index (χ1n) is 8.39. The quantitative estimate of drug-likeness (QED) is 0.759. The van der Waals surface area contributed by atoms with Crippen molar-refractivity contribution >= 4 is 11.6 Å². The molecule has 1 aliphatic rings. The second-order valence-corrected chi connectivity index (χ2v) is 8.07. The Labute approximate surface area is 135 Å². The second-order valence-electron chi connectivity index (χ2n) is 7.64. The van der Waals surface area contributed by atoms with Gasteiger partial charge in [-0.15, -0.1) is 0 Å². The van der Waals surface area contributed by atoms with Crippen LogP contribution in [0.25, 0.3) is 0 Å². The highest BCUT2D eigenvalue weighted by Gasteiger charge is 2.31. The van der Waals surface area contributed by atoms with Gasteiger partial charge < -0.3 is 5.32 Å². The minimum atomic E-state index is 0.201. The molecule has 0 aromatic heterocycles. The number of rotatable bonds is 4. The van der Waals surface area contributed by atoms with Crippen molar-refractivity contribution in [2.45, 2.75) is 64.8 Å². The van der Waals surface area contributed by atoms with E-state index in [1.807, 2.05) is 12.1 Å². The Bertz CT molecular complexity index is 432. The topological polar surface area (TPSA) is 12.0 Å². The molecule has 0 saturated heterocycles. The van der Waals surface area contributed by atoms with Gasteiger partial charge in [-0.3, -0.25) is 0 Å². The molecular weight excluding hydrogens is 278 g/mol. The predicted octanol–water partition coefficient (Wildman–Crippen LogP) is 5.64. The SMILES string of the molecule is CCC1CCC(CNC(C)(C)C)C(c2ccc(Cl)cc2)C1. The van der Waals surface area contributed by atoms with Crippen LogP contribution in [0.1, 0.15) is 64.9 Å². The minimum absolute atomic E-state index is 0.201. The van der Waals surface area contributed by atoms with E-state index in [2.05, 4.69) is 45.1 Å². The Morgan fingerprint density at radius 2 is 1.81 bits per heavy atom. The molecule has 0 heterocycles. The van der Waals surface area contributed by atoms with E-state index in [-0.39, 0.29) is 5.54 Å². The van der Waals surface area contributed by atoms with Crippen LogP contribution in [0.15, 0.2) is 24.3 Å². The normalized spacial score (nSPS) is 26.8. The Kier molecular flexibility index (Phi) is 5.73. The van der Waals surface area contributed by atoms with E-state index in [4.69, 9.17) is 11.6 Å². The van der Waals surface area contributed by atoms with Crippen molar-refractivity contribution < 1.29 is 0 Å². The minimum Gasteiger partial charge on any atom is -0.312 e. The lowest BCUT2D eigenvalue weighted by atomic mass is 9.70. The van der Waals surface area contributed by atoms with Gasteiger partial charge in [-0.1, -0.05) is 43.5 Å². The second kappa shape index (κ2) is 7.15. The highest BCUT2D eigenvalue weighted by Crippen LogP contribution is 2.41. The zero-order chi connectivity index (χ0) is 15.5. The largest absolute Gasteiger partial charge is 0.312 e. The first-order valence-corrected chi connectivity index (χ1v) is 8.77. The van der Waals surface area contributed by atoms with Crippen LogP contribution < -0.4 is 5.32 Å². The van der Waals surface area contributed by atoms with Crippen LogP contribution in [0.5, 0.6) is 0 Å². The molecule has 1 saturated carbocycles. The van der Waals surface area contributed by atoms with Crippen molar-refractivity contribution in [1.82, 2.24) is 5.32 Å². The molecule has 2 heteroatoms. The molecule has 21 heavy (non-hydrogen) atoms. The van der Waals surface area contributed by atoms with Crippen LogP contribution in [0, 0.1) is 11.8 Å². The summed E-state index contributed by atoms with van der Waals surface area (Å²) in [6.45, 7) is 10.2. The van der Waals surface area contributed by atoms with E-state index in [1.165, 1.54) is 31.2 Å². The van der Waals surface area contributed by atoms with Crippen LogP contribution in [0.3, 0.4) is 0 Å². The summed E-state index contributed by atoms with van der Waals surface area (Å²) < 4.78 is 0. The molecule has 0 amide bonds. The average molecular weight is 308 g/mol. The smallest absolute Gasteiger partial charge is 0.0406 e. The van der Waals surface area contributed by atoms with Gasteiger partial charge in [-0.05, 0) is 75.6 Å². The predicted molar refractivity (Wildman–Crippen MR) is 93.1 cm³/mol. The number of hydrogen-bond acceptors (Lipinski definition) is 1. The fraction of sp³-hybridized carbons (Fsp3) is 0.684. The molecule has 3 atom stereocenters. The highest BCUT2D eigenvalue weighted by atomic mass is 35.5. The van der Waals surface area contributed by atoms with Crippen molar-refractivity contribution in [2.75, 3.05) is 6.54 Å². The molecular formula is C19H30ClN. The van der Waals surface area contributed by atoms with Crippen LogP contribution >= 0.6 is 11.6 Å². The summed E-state index contributed by atoms with van der Waals surface area (Å²) in [4.78, 5) is 0. The highest BCUT2D eigenvalue weighted by molar-refractivity contribution is 6.30. The van der Waals surface area contributed by atoms with Crippen LogP contribution in [-0.2, 0) is 0 Å². The molecule has 0 aliphatic heterocycles. The Hall–Kier alpha value is -0.530. The van der Waals surface area contributed by atoms with Gasteiger partial charge in [0.05, 0.1) is 0 Å². The molecule has 2 rings (SSSR count). The van der Waals surface area contributed by atoms with Gasteiger partial charge in [0.2, 0.25) is 0 Å². The molecule has 1 aromatic rings. The third kappa shape index (κ3) is 5.00. The van der Waals surface area contributed by atoms with Crippen molar-refractivity contribution in [3.05, 3.63) is 34.9 Å². The van der Waals surface area contributed by atoms with Crippen molar-refractivity contribution in [3.8, 4) is 0 Å². The van der Waals surface area contributed by atoms with Gasteiger partial charge in [0, 0.05) is 10.6 Å². The van der Waals surface area contributed by atoms with Crippen molar-refractivity contribution in [2.24, 2.45) is 11.8 Å². The van der Waals surface area contributed by atoms with Gasteiger partial charge in [-0.25, -0.2) is 0 Å². The molecule has 0 spiro atoms. The number of halogens is 1. The third-order valence-corrected chi connectivity index (χ3v) is 5.12. The van der Waals surface area contributed by atoms with E-state index in [1.54, 1.807) is 0 Å². The Morgan fingerprint density at radius 3 is 2.38 bits per heavy atom. The maximum atomic E-state index is 6.05. The number of hydrogen-bond donors (Lipinski definition) is 1. The van der Waals surface area contributed by atoms with E-state index in [0.717, 1.165) is 23.4 Å². The van der Waals surface area contributed by atoms with E-state index >= 15 is 0 Å².